The number of nitriles is 1. The van der Waals surface area contributed by atoms with E-state index in [0.29, 0.717) is 11.3 Å². The van der Waals surface area contributed by atoms with E-state index in [1.54, 1.807) is 19.3 Å². The van der Waals surface area contributed by atoms with E-state index in [1.807, 2.05) is 37.3 Å². The topological polar surface area (TPSA) is 53.2 Å². The number of aliphatic imine (C=N–C) groups is 1. The molecule has 3 nitrogen and oxygen atoms in total. The first-order chi connectivity index (χ1) is 9.56. The van der Waals surface area contributed by atoms with Crippen LogP contribution in [-0.2, 0) is 10.8 Å². The Morgan fingerprint density at radius 3 is 2.75 bits per heavy atom. The number of hydrogen-bond donors (Lipinski definition) is 0. The van der Waals surface area contributed by atoms with Gasteiger partial charge >= 0.3 is 0 Å². The fourth-order valence-electron chi connectivity index (χ4n) is 1.41. The molecule has 0 aliphatic heterocycles. The number of nitrogens with zero attached hydrogens (tertiary/aromatic N) is 2. The standard InChI is InChI=1S/C16H18N2OS/c1-13(9-10-17)14(2)11-18-12-15(3)20(19)16-7-5-4-6-8-16/h4-8,11-13H,2,9H2,1,3H3/b15-12+,18-11?. The lowest BCUT2D eigenvalue weighted by atomic mass is 10.0. The lowest BCUT2D eigenvalue weighted by Crippen LogP contribution is -1.98. The Morgan fingerprint density at radius 1 is 1.50 bits per heavy atom. The van der Waals surface area contributed by atoms with Gasteiger partial charge < -0.3 is 0 Å². The van der Waals surface area contributed by atoms with Crippen molar-refractivity contribution in [2.24, 2.45) is 10.9 Å². The summed E-state index contributed by atoms with van der Waals surface area (Å²) in [6, 6.07) is 11.3. The first-order valence-electron chi connectivity index (χ1n) is 6.28. The molecule has 1 aromatic carbocycles. The molecular formula is C16H18N2OS. The van der Waals surface area contributed by atoms with E-state index in [9.17, 15) is 4.21 Å². The van der Waals surface area contributed by atoms with Crippen LogP contribution in [0.25, 0.3) is 0 Å². The molecule has 0 radical (unpaired) electrons. The van der Waals surface area contributed by atoms with Crippen molar-refractivity contribution >= 4 is 17.0 Å². The molecule has 0 N–H and O–H groups in total. The largest absolute Gasteiger partial charge is 0.264 e. The molecule has 4 heteroatoms. The van der Waals surface area contributed by atoms with Crippen molar-refractivity contribution in [1.29, 1.82) is 5.26 Å². The van der Waals surface area contributed by atoms with E-state index in [0.717, 1.165) is 10.5 Å². The minimum absolute atomic E-state index is 0.0806. The minimum atomic E-state index is -1.19. The molecule has 0 fully saturated rings. The van der Waals surface area contributed by atoms with Gasteiger partial charge in [0.15, 0.2) is 0 Å². The molecule has 1 rings (SSSR count). The maximum Gasteiger partial charge on any atom is 0.0821 e. The molecule has 104 valence electrons. The second-order valence-corrected chi connectivity index (χ2v) is 6.09. The Bertz CT molecular complexity index is 582. The lowest BCUT2D eigenvalue weighted by molar-refractivity contribution is 0.686. The Balaban J connectivity index is 2.69. The molecule has 0 aliphatic rings. The molecule has 0 amide bonds. The van der Waals surface area contributed by atoms with Crippen LogP contribution in [0.3, 0.4) is 0 Å². The zero-order valence-electron chi connectivity index (χ0n) is 11.7. The Kier molecular flexibility index (Phi) is 6.61. The number of rotatable bonds is 6. The van der Waals surface area contributed by atoms with E-state index in [4.69, 9.17) is 5.26 Å². The minimum Gasteiger partial charge on any atom is -0.264 e. The second-order valence-electron chi connectivity index (χ2n) is 4.44. The van der Waals surface area contributed by atoms with Crippen molar-refractivity contribution in [3.05, 3.63) is 53.6 Å². The van der Waals surface area contributed by atoms with Crippen molar-refractivity contribution in [1.82, 2.24) is 0 Å². The molecular weight excluding hydrogens is 268 g/mol. The van der Waals surface area contributed by atoms with Gasteiger partial charge in [0.05, 0.1) is 16.9 Å². The van der Waals surface area contributed by atoms with Crippen molar-refractivity contribution in [2.45, 2.75) is 25.2 Å². The van der Waals surface area contributed by atoms with Gasteiger partial charge in [-0.15, -0.1) is 0 Å². The van der Waals surface area contributed by atoms with Crippen LogP contribution in [0, 0.1) is 17.2 Å². The van der Waals surface area contributed by atoms with E-state index in [2.05, 4.69) is 17.6 Å². The van der Waals surface area contributed by atoms with Crippen LogP contribution in [0.1, 0.15) is 20.3 Å². The van der Waals surface area contributed by atoms with Crippen LogP contribution < -0.4 is 0 Å². The van der Waals surface area contributed by atoms with E-state index in [1.165, 1.54) is 0 Å². The van der Waals surface area contributed by atoms with Crippen LogP contribution in [0.15, 0.2) is 63.5 Å². The van der Waals surface area contributed by atoms with Crippen LogP contribution in [0.4, 0.5) is 0 Å². The molecule has 0 heterocycles. The van der Waals surface area contributed by atoms with Gasteiger partial charge in [0.25, 0.3) is 0 Å². The van der Waals surface area contributed by atoms with Crippen molar-refractivity contribution < 1.29 is 4.21 Å². The summed E-state index contributed by atoms with van der Waals surface area (Å²) in [7, 11) is -1.19. The number of allylic oxidation sites excluding steroid dienone is 2. The molecule has 0 aromatic heterocycles. The fraction of sp³-hybridized carbons (Fsp3) is 0.250. The number of hydrogen-bond acceptors (Lipinski definition) is 3. The highest BCUT2D eigenvalue weighted by atomic mass is 32.2. The smallest absolute Gasteiger partial charge is 0.0821 e. The number of benzene rings is 1. The summed E-state index contributed by atoms with van der Waals surface area (Å²) in [5, 5.41) is 8.61. The quantitative estimate of drug-likeness (QED) is 0.746. The van der Waals surface area contributed by atoms with Gasteiger partial charge in [-0.05, 0) is 30.5 Å². The van der Waals surface area contributed by atoms with Crippen molar-refractivity contribution in [3.8, 4) is 6.07 Å². The summed E-state index contributed by atoms with van der Waals surface area (Å²) in [6.07, 6.45) is 3.62. The average molecular weight is 286 g/mol. The maximum atomic E-state index is 12.2. The predicted octanol–water partition coefficient (Wildman–Crippen LogP) is 3.83. The zero-order chi connectivity index (χ0) is 15.0. The molecule has 2 atom stereocenters. The third kappa shape index (κ3) is 4.94. The van der Waals surface area contributed by atoms with Crippen LogP contribution in [0.5, 0.6) is 0 Å². The van der Waals surface area contributed by atoms with Crippen LogP contribution in [0.2, 0.25) is 0 Å². The Labute approximate surface area is 122 Å². The lowest BCUT2D eigenvalue weighted by Gasteiger charge is -2.04. The predicted molar refractivity (Wildman–Crippen MR) is 83.6 cm³/mol. The normalized spacial score (nSPS) is 14.8. The van der Waals surface area contributed by atoms with Gasteiger partial charge in [0.2, 0.25) is 0 Å². The third-order valence-corrected chi connectivity index (χ3v) is 4.17. The summed E-state index contributed by atoms with van der Waals surface area (Å²) in [4.78, 5) is 5.56. The summed E-state index contributed by atoms with van der Waals surface area (Å²) in [6.45, 7) is 7.57. The molecule has 20 heavy (non-hydrogen) atoms. The summed E-state index contributed by atoms with van der Waals surface area (Å²) >= 11 is 0. The molecule has 0 aliphatic carbocycles. The first kappa shape index (κ1) is 16.1. The van der Waals surface area contributed by atoms with Gasteiger partial charge in [0.1, 0.15) is 0 Å². The SMILES string of the molecule is C=C(C=N/C=C(\C)S(=O)c1ccccc1)C(C)CC#N. The summed E-state index contributed by atoms with van der Waals surface area (Å²) in [5.74, 6) is 0.0806. The highest BCUT2D eigenvalue weighted by Crippen LogP contribution is 2.14. The summed E-state index contributed by atoms with van der Waals surface area (Å²) < 4.78 is 12.2. The van der Waals surface area contributed by atoms with E-state index < -0.39 is 10.8 Å². The van der Waals surface area contributed by atoms with Crippen molar-refractivity contribution in [2.75, 3.05) is 0 Å². The van der Waals surface area contributed by atoms with Crippen LogP contribution >= 0.6 is 0 Å². The summed E-state index contributed by atoms with van der Waals surface area (Å²) in [5.41, 5.74) is 0.793. The molecule has 2 unspecified atom stereocenters. The van der Waals surface area contributed by atoms with Gasteiger partial charge in [-0.25, -0.2) is 4.21 Å². The molecule has 1 aromatic rings. The average Bonchev–Trinajstić information content (AvgIpc) is 2.47. The zero-order valence-corrected chi connectivity index (χ0v) is 12.6. The Morgan fingerprint density at radius 2 is 2.15 bits per heavy atom. The highest BCUT2D eigenvalue weighted by Gasteiger charge is 2.05. The fourth-order valence-corrected chi connectivity index (χ4v) is 2.34. The van der Waals surface area contributed by atoms with Crippen molar-refractivity contribution in [3.63, 3.8) is 0 Å². The first-order valence-corrected chi connectivity index (χ1v) is 7.43. The second kappa shape index (κ2) is 8.23. The molecule has 0 spiro atoms. The van der Waals surface area contributed by atoms with Gasteiger partial charge in [0, 0.05) is 28.6 Å². The third-order valence-electron chi connectivity index (χ3n) is 2.78. The molecule has 0 bridgehead atoms. The highest BCUT2D eigenvalue weighted by molar-refractivity contribution is 7.89. The van der Waals surface area contributed by atoms with E-state index >= 15 is 0 Å². The molecule has 0 saturated carbocycles. The van der Waals surface area contributed by atoms with Crippen LogP contribution in [-0.4, -0.2) is 10.4 Å². The Hall–Kier alpha value is -1.99. The molecule has 0 saturated heterocycles. The van der Waals surface area contributed by atoms with Gasteiger partial charge in [-0.3, -0.25) is 4.99 Å². The van der Waals surface area contributed by atoms with Gasteiger partial charge in [-0.1, -0.05) is 31.7 Å². The monoisotopic (exact) mass is 286 g/mol. The van der Waals surface area contributed by atoms with E-state index in [-0.39, 0.29) is 5.92 Å². The van der Waals surface area contributed by atoms with Gasteiger partial charge in [-0.2, -0.15) is 5.26 Å². The maximum absolute atomic E-state index is 12.2.